The van der Waals surface area contributed by atoms with E-state index in [1.54, 1.807) is 11.0 Å². The molecule has 4 amide bonds. The van der Waals surface area contributed by atoms with Crippen LogP contribution in [0.15, 0.2) is 84.9 Å². The minimum Gasteiger partial charge on any atom is -0.503 e. The number of unbranched alkanes of at least 4 members (excludes halogenated alkanes) is 5. The number of nitrogens with one attached hydrogen (secondary N) is 3. The molecular formula is C59H63Cl2N5O11. The summed E-state index contributed by atoms with van der Waals surface area (Å²) in [6, 6.07) is 24.9. The molecule has 3 aliphatic rings. The highest BCUT2D eigenvalue weighted by molar-refractivity contribution is 6.35. The Labute approximate surface area is 456 Å². The van der Waals surface area contributed by atoms with Gasteiger partial charge in [0.15, 0.2) is 40.1 Å². The Balaban J connectivity index is 0.713. The summed E-state index contributed by atoms with van der Waals surface area (Å²) in [6.45, 7) is 5.56. The van der Waals surface area contributed by atoms with Crippen LogP contribution in [-0.4, -0.2) is 84.3 Å². The quantitative estimate of drug-likeness (QED) is 0.0359. The maximum absolute atomic E-state index is 13.9. The summed E-state index contributed by atoms with van der Waals surface area (Å²) in [5, 5.41) is 31.4. The normalized spacial score (nSPS) is 15.9. The first-order valence-electron chi connectivity index (χ1n) is 26.3. The Morgan fingerprint density at radius 3 is 2.01 bits per heavy atom. The highest BCUT2D eigenvalue weighted by Gasteiger charge is 2.56. The largest absolute Gasteiger partial charge is 0.503 e. The van der Waals surface area contributed by atoms with Crippen LogP contribution in [0.4, 0.5) is 5.69 Å². The van der Waals surface area contributed by atoms with Crippen LogP contribution in [0, 0.1) is 5.92 Å². The molecule has 6 aromatic rings. The number of amides is 4. The molecule has 1 aliphatic carbocycles. The van der Waals surface area contributed by atoms with Gasteiger partial charge in [0, 0.05) is 59.3 Å². The minimum absolute atomic E-state index is 0.0203. The number of phenols is 2. The number of anilines is 1. The molecule has 1 aromatic heterocycles. The van der Waals surface area contributed by atoms with E-state index in [2.05, 4.69) is 22.9 Å². The van der Waals surface area contributed by atoms with Crippen LogP contribution in [-0.2, 0) is 32.9 Å². The number of hydrogen-bond donors (Lipinski definition) is 5. The summed E-state index contributed by atoms with van der Waals surface area (Å²) >= 11 is 13.3. The lowest BCUT2D eigenvalue weighted by Crippen LogP contribution is -2.42. The van der Waals surface area contributed by atoms with E-state index < -0.39 is 23.1 Å². The van der Waals surface area contributed by atoms with E-state index in [9.17, 15) is 34.2 Å². The minimum atomic E-state index is -1.82. The molecule has 0 radical (unpaired) electrons. The lowest BCUT2D eigenvalue weighted by atomic mass is 9.77. The smallest absolute Gasteiger partial charge is 0.340 e. The van der Waals surface area contributed by atoms with Gasteiger partial charge in [-0.3, -0.25) is 19.2 Å². The first-order chi connectivity index (χ1) is 37.2. The summed E-state index contributed by atoms with van der Waals surface area (Å²) in [5.74, 6) is -2.60. The van der Waals surface area contributed by atoms with Crippen molar-refractivity contribution < 1.29 is 53.1 Å². The number of para-hydroxylation sites is 1. The van der Waals surface area contributed by atoms with E-state index in [1.165, 1.54) is 38.5 Å². The molecule has 1 saturated carbocycles. The third kappa shape index (κ3) is 10.7. The van der Waals surface area contributed by atoms with Crippen LogP contribution in [0.2, 0.25) is 10.0 Å². The number of fused-ring (bicyclic) bond motifs is 7. The molecule has 0 bridgehead atoms. The van der Waals surface area contributed by atoms with Gasteiger partial charge in [-0.25, -0.2) is 4.79 Å². The second kappa shape index (κ2) is 23.4. The number of nitrogens with zero attached hydrogens (tertiary/aromatic N) is 2. The maximum Gasteiger partial charge on any atom is 0.340 e. The fourth-order valence-electron chi connectivity index (χ4n) is 10.9. The molecule has 16 nitrogen and oxygen atoms in total. The lowest BCUT2D eigenvalue weighted by molar-refractivity contribution is -0.126. The predicted molar refractivity (Wildman–Crippen MR) is 293 cm³/mol. The Morgan fingerprint density at radius 1 is 0.740 bits per heavy atom. The number of benzene rings is 5. The Morgan fingerprint density at radius 2 is 1.38 bits per heavy atom. The number of hydrogen-bond acceptors (Lipinski definition) is 11. The van der Waals surface area contributed by atoms with Gasteiger partial charge in [0.1, 0.15) is 22.3 Å². The number of methoxy groups -OCH3 is 2. The number of aryl methyl sites for hydroxylation is 1. The number of phenolic OH excluding ortho intramolecular Hbond substituents is 2. The van der Waals surface area contributed by atoms with Crippen molar-refractivity contribution in [2.45, 2.75) is 103 Å². The number of aromatic hydroxyl groups is 2. The SMILES string of the molecule is CCc1cccc(N(CC)C(=O)Cn2c(C(=O)NC3CCC(C(=O)NCCCCCCCCNC(=O)c4ccc5c(c4)C4(OC5=O)c5cc(OC)c(O)c(Cl)c5Oc5c4cc(OC)c(O)c5Cl)CC3)cc3ccccc32)c1. The molecule has 77 heavy (non-hydrogen) atoms. The molecular weight excluding hydrogens is 1030 g/mol. The van der Waals surface area contributed by atoms with E-state index in [-0.39, 0.29) is 103 Å². The van der Waals surface area contributed by atoms with Crippen molar-refractivity contribution in [2.24, 2.45) is 5.92 Å². The average Bonchev–Trinajstić information content (AvgIpc) is 4.22. The first-order valence-corrected chi connectivity index (χ1v) is 27.1. The van der Waals surface area contributed by atoms with Crippen LogP contribution < -0.4 is 35.1 Å². The lowest BCUT2D eigenvalue weighted by Gasteiger charge is -2.37. The molecule has 0 saturated heterocycles. The monoisotopic (exact) mass is 1090 g/mol. The summed E-state index contributed by atoms with van der Waals surface area (Å²) < 4.78 is 25.0. The van der Waals surface area contributed by atoms with Gasteiger partial charge in [-0.05, 0) is 112 Å². The molecule has 5 aromatic carbocycles. The zero-order valence-corrected chi connectivity index (χ0v) is 45.1. The number of ether oxygens (including phenoxy) is 4. The summed E-state index contributed by atoms with van der Waals surface area (Å²) in [4.78, 5) is 70.0. The van der Waals surface area contributed by atoms with Gasteiger partial charge in [0.2, 0.25) is 11.8 Å². The molecule has 3 heterocycles. The second-order valence-corrected chi connectivity index (χ2v) is 20.5. The van der Waals surface area contributed by atoms with Gasteiger partial charge < -0.3 is 54.6 Å². The number of esters is 1. The average molecular weight is 1090 g/mol. The Hall–Kier alpha value is -7.43. The van der Waals surface area contributed by atoms with Crippen molar-refractivity contribution in [3.63, 3.8) is 0 Å². The number of aromatic nitrogens is 1. The molecule has 0 atom stereocenters. The van der Waals surface area contributed by atoms with Gasteiger partial charge in [0.25, 0.3) is 11.8 Å². The van der Waals surface area contributed by atoms with Crippen molar-refractivity contribution in [1.29, 1.82) is 0 Å². The summed E-state index contributed by atoms with van der Waals surface area (Å²) in [5.41, 5.74) is 2.47. The Kier molecular flexibility index (Phi) is 16.5. The third-order valence-electron chi connectivity index (χ3n) is 15.1. The first kappa shape index (κ1) is 54.4. The van der Waals surface area contributed by atoms with E-state index >= 15 is 0 Å². The number of likely N-dealkylation sites (N-methyl/N-ethyl adjacent to an activating group) is 1. The van der Waals surface area contributed by atoms with E-state index in [1.807, 2.05) is 66.1 Å². The molecule has 0 unspecified atom stereocenters. The topological polar surface area (TPSA) is 207 Å². The highest BCUT2D eigenvalue weighted by atomic mass is 35.5. The standard InChI is InChI=1S/C59H63Cl2N5O11/c1-5-34-16-15-18-39(28-34)65(6-2)48(67)33-66-44-19-12-11-17-36(44)30-45(66)57(72)64-38-23-20-35(21-24-38)55(70)62-26-13-9-7-8-10-14-27-63-56(71)37-22-25-40-41(29-37)59(77-58(40)73)42-31-46(74-3)51(68)49(60)53(42)76-54-43(59)32-47(75-4)52(69)50(54)61/h11-12,15-19,22,25,28-32,35,38,68-69H,5-10,13-14,20-21,23-24,26-27,33H2,1-4H3,(H,62,70)(H,63,71)(H,64,72). The second-order valence-electron chi connectivity index (χ2n) is 19.7. The van der Waals surface area contributed by atoms with Gasteiger partial charge in [-0.2, -0.15) is 0 Å². The Bertz CT molecular complexity index is 3190. The highest BCUT2D eigenvalue weighted by Crippen LogP contribution is 2.63. The number of carbonyl (C=O) groups is 5. The molecule has 18 heteroatoms. The van der Waals surface area contributed by atoms with Crippen molar-refractivity contribution in [2.75, 3.05) is 38.8 Å². The zero-order valence-electron chi connectivity index (χ0n) is 43.6. The molecule has 1 spiro atoms. The van der Waals surface area contributed by atoms with Crippen LogP contribution in [0.25, 0.3) is 10.9 Å². The van der Waals surface area contributed by atoms with E-state index in [0.717, 1.165) is 67.1 Å². The van der Waals surface area contributed by atoms with Crippen molar-refractivity contribution in [3.05, 3.63) is 134 Å². The van der Waals surface area contributed by atoms with Gasteiger partial charge in [-0.1, -0.05) is 86.1 Å². The zero-order chi connectivity index (χ0) is 54.5. The number of halogens is 2. The molecule has 2 aliphatic heterocycles. The number of rotatable bonds is 20. The fraction of sp³-hybridized carbons (Fsp3) is 0.373. The van der Waals surface area contributed by atoms with E-state index in [0.29, 0.717) is 51.0 Å². The summed E-state index contributed by atoms with van der Waals surface area (Å²) in [7, 11) is 2.67. The van der Waals surface area contributed by atoms with E-state index in [4.69, 9.17) is 42.1 Å². The van der Waals surface area contributed by atoms with Crippen molar-refractivity contribution in [1.82, 2.24) is 20.5 Å². The van der Waals surface area contributed by atoms with Crippen LogP contribution >= 0.6 is 23.2 Å². The van der Waals surface area contributed by atoms with Gasteiger partial charge >= 0.3 is 5.97 Å². The van der Waals surface area contributed by atoms with Crippen LogP contribution in [0.5, 0.6) is 34.5 Å². The molecule has 9 rings (SSSR count). The van der Waals surface area contributed by atoms with Crippen LogP contribution in [0.1, 0.15) is 132 Å². The van der Waals surface area contributed by atoms with Gasteiger partial charge in [0.05, 0.1) is 30.9 Å². The predicted octanol–water partition coefficient (Wildman–Crippen LogP) is 10.7. The maximum atomic E-state index is 13.9. The number of carbonyl (C=O) groups excluding carboxylic acids is 5. The molecule has 1 fully saturated rings. The fourth-order valence-corrected chi connectivity index (χ4v) is 11.4. The molecule has 5 N–H and O–H groups in total. The van der Waals surface area contributed by atoms with Crippen molar-refractivity contribution in [3.8, 4) is 34.5 Å². The van der Waals surface area contributed by atoms with Gasteiger partial charge in [-0.15, -0.1) is 0 Å². The third-order valence-corrected chi connectivity index (χ3v) is 15.8. The van der Waals surface area contributed by atoms with Crippen molar-refractivity contribution >= 4 is 69.4 Å². The van der Waals surface area contributed by atoms with Crippen LogP contribution in [0.3, 0.4) is 0 Å². The summed E-state index contributed by atoms with van der Waals surface area (Å²) in [6.07, 6.45) is 8.90. The molecule has 404 valence electrons.